The molecule has 0 unspecified atom stereocenters. The molecule has 4 N–H and O–H groups in total. The molecule has 35 heavy (non-hydrogen) atoms. The molecule has 3 rings (SSSR count). The molecule has 0 atom stereocenters. The average molecular weight is 530 g/mol. The normalized spacial score (nSPS) is 12.5. The topological polar surface area (TPSA) is 110 Å². The van der Waals surface area contributed by atoms with Gasteiger partial charge in [0.2, 0.25) is 0 Å². The Morgan fingerprint density at radius 3 is 2.77 bits per heavy atom. The van der Waals surface area contributed by atoms with Crippen LogP contribution in [0.15, 0.2) is 41.7 Å². The van der Waals surface area contributed by atoms with E-state index in [1.165, 1.54) is 31.1 Å². The van der Waals surface area contributed by atoms with Crippen LogP contribution in [-0.4, -0.2) is 33.6 Å². The number of hydrogen-bond donors (Lipinski definition) is 3. The van der Waals surface area contributed by atoms with E-state index in [4.69, 9.17) is 17.3 Å². The third-order valence-electron chi connectivity index (χ3n) is 4.75. The van der Waals surface area contributed by atoms with Crippen LogP contribution in [0.2, 0.25) is 4.34 Å². The third kappa shape index (κ3) is 6.05. The highest BCUT2D eigenvalue weighted by Crippen LogP contribution is 2.36. The molecule has 3 aromatic heterocycles. The lowest BCUT2D eigenvalue weighted by molar-refractivity contribution is -0.0335. The summed E-state index contributed by atoms with van der Waals surface area (Å²) in [6, 6.07) is 6.81. The quantitative estimate of drug-likeness (QED) is 0.207. The van der Waals surface area contributed by atoms with E-state index in [0.29, 0.717) is 16.1 Å². The van der Waals surface area contributed by atoms with Gasteiger partial charge in [0.25, 0.3) is 5.91 Å². The average Bonchev–Trinajstić information content (AvgIpc) is 3.39. The van der Waals surface area contributed by atoms with Crippen molar-refractivity contribution >= 4 is 46.5 Å². The first kappa shape index (κ1) is 26.3. The lowest BCUT2D eigenvalue weighted by Gasteiger charge is -2.10. The molecular formula is C21H20ClF4N7OS. The smallest absolute Gasteiger partial charge is 0.319 e. The summed E-state index contributed by atoms with van der Waals surface area (Å²) in [5.41, 5.74) is 6.90. The van der Waals surface area contributed by atoms with Gasteiger partial charge >= 0.3 is 5.92 Å². The van der Waals surface area contributed by atoms with Gasteiger partial charge in [0.1, 0.15) is 10.0 Å². The number of hydrogen-bond acceptors (Lipinski definition) is 7. The van der Waals surface area contributed by atoms with Crippen LogP contribution in [0.1, 0.15) is 32.2 Å². The highest BCUT2D eigenvalue weighted by Gasteiger charge is 2.39. The minimum absolute atomic E-state index is 0.131. The van der Waals surface area contributed by atoms with Crippen LogP contribution in [-0.2, 0) is 26.1 Å². The molecule has 0 saturated carbocycles. The minimum atomic E-state index is -3.91. The van der Waals surface area contributed by atoms with E-state index in [-0.39, 0.29) is 27.8 Å². The van der Waals surface area contributed by atoms with Crippen molar-refractivity contribution < 1.29 is 22.4 Å². The van der Waals surface area contributed by atoms with Crippen molar-refractivity contribution in [2.24, 2.45) is 17.8 Å². The molecular weight excluding hydrogens is 510 g/mol. The second-order valence-corrected chi connectivity index (χ2v) is 8.76. The van der Waals surface area contributed by atoms with Crippen molar-refractivity contribution in [3.63, 3.8) is 0 Å². The van der Waals surface area contributed by atoms with Crippen LogP contribution < -0.4 is 16.6 Å². The van der Waals surface area contributed by atoms with Gasteiger partial charge in [-0.3, -0.25) is 14.5 Å². The summed E-state index contributed by atoms with van der Waals surface area (Å²) in [7, 11) is 1.31. The first-order valence-corrected chi connectivity index (χ1v) is 11.2. The number of alkyl halides is 3. The highest BCUT2D eigenvalue weighted by atomic mass is 35.5. The number of allylic oxidation sites excluding steroid dienone is 1. The van der Waals surface area contributed by atoms with E-state index in [1.807, 2.05) is 0 Å². The summed E-state index contributed by atoms with van der Waals surface area (Å²) in [4.78, 5) is 21.3. The van der Waals surface area contributed by atoms with E-state index in [9.17, 15) is 22.4 Å². The number of carbonyl (C=O) groups excluding carboxylic acids is 1. The Labute approximate surface area is 206 Å². The maximum atomic E-state index is 13.9. The number of nitrogens with one attached hydrogen (secondary N) is 2. The molecule has 3 aromatic rings. The van der Waals surface area contributed by atoms with Gasteiger partial charge in [-0.25, -0.2) is 9.38 Å². The van der Waals surface area contributed by atoms with Gasteiger partial charge < -0.3 is 11.1 Å². The van der Waals surface area contributed by atoms with E-state index >= 15 is 0 Å². The summed E-state index contributed by atoms with van der Waals surface area (Å²) in [5.74, 6) is -4.48. The molecule has 0 radical (unpaired) electrons. The summed E-state index contributed by atoms with van der Waals surface area (Å²) < 4.78 is 54.7. The molecule has 0 bridgehead atoms. The predicted molar refractivity (Wildman–Crippen MR) is 126 cm³/mol. The highest BCUT2D eigenvalue weighted by molar-refractivity contribution is 7.17. The Bertz CT molecular complexity index is 1240. The molecule has 0 aromatic carbocycles. The number of aromatic nitrogens is 3. The molecule has 0 fully saturated rings. The molecule has 186 valence electrons. The monoisotopic (exact) mass is 529 g/mol. The van der Waals surface area contributed by atoms with Crippen LogP contribution in [0.3, 0.4) is 0 Å². The van der Waals surface area contributed by atoms with E-state index in [0.717, 1.165) is 16.0 Å². The van der Waals surface area contributed by atoms with E-state index in [2.05, 4.69) is 20.4 Å². The Kier molecular flexibility index (Phi) is 8.59. The molecule has 0 saturated heterocycles. The van der Waals surface area contributed by atoms with Gasteiger partial charge in [-0.15, -0.1) is 15.8 Å². The Morgan fingerprint density at radius 1 is 1.37 bits per heavy atom. The minimum Gasteiger partial charge on any atom is -0.404 e. The summed E-state index contributed by atoms with van der Waals surface area (Å²) in [5, 5.41) is 6.33. The summed E-state index contributed by atoms with van der Waals surface area (Å²) >= 11 is 7.30. The van der Waals surface area contributed by atoms with Gasteiger partial charge in [0.05, 0.1) is 24.3 Å². The van der Waals surface area contributed by atoms with Crippen LogP contribution in [0, 0.1) is 0 Å². The van der Waals surface area contributed by atoms with Crippen LogP contribution in [0.25, 0.3) is 5.57 Å². The number of halogens is 5. The van der Waals surface area contributed by atoms with Crippen molar-refractivity contribution in [3.8, 4) is 0 Å². The number of thiophene rings is 1. The molecule has 0 spiro atoms. The fraction of sp³-hybridized carbons (Fsp3) is 0.238. The zero-order chi connectivity index (χ0) is 25.6. The summed E-state index contributed by atoms with van der Waals surface area (Å²) in [6.45, 7) is -2.47. The zero-order valence-electron chi connectivity index (χ0n) is 18.2. The second kappa shape index (κ2) is 11.4. The molecule has 14 heteroatoms. The SMILES string of the molecule is Cn1nc(C(F)(F)CF)c(CNF)c1N=CC(=CN)c1cc(C(=O)NCc2ccccn2)c(Cl)s1. The van der Waals surface area contributed by atoms with Gasteiger partial charge in [-0.1, -0.05) is 17.7 Å². The number of aryl methyl sites for hydroxylation is 1. The van der Waals surface area contributed by atoms with E-state index in [1.54, 1.807) is 24.4 Å². The van der Waals surface area contributed by atoms with Crippen molar-refractivity contribution in [3.05, 3.63) is 68.4 Å². The lowest BCUT2D eigenvalue weighted by Crippen LogP contribution is -2.23. The van der Waals surface area contributed by atoms with Gasteiger partial charge in [-0.2, -0.15) is 19.4 Å². The number of nitrogens with two attached hydrogens (primary N) is 1. The van der Waals surface area contributed by atoms with Crippen molar-refractivity contribution in [1.82, 2.24) is 25.6 Å². The van der Waals surface area contributed by atoms with Gasteiger partial charge in [-0.05, 0) is 18.2 Å². The van der Waals surface area contributed by atoms with Gasteiger partial charge in [0, 0.05) is 41.7 Å². The number of aliphatic imine (C=N–C) groups is 1. The lowest BCUT2D eigenvalue weighted by atomic mass is 10.1. The number of carbonyl (C=O) groups is 1. The molecule has 0 aliphatic heterocycles. The molecule has 0 aliphatic rings. The van der Waals surface area contributed by atoms with Crippen LogP contribution >= 0.6 is 22.9 Å². The number of amides is 1. The maximum Gasteiger partial charge on any atom is 0.319 e. The fourth-order valence-electron chi connectivity index (χ4n) is 3.06. The van der Waals surface area contributed by atoms with E-state index < -0.39 is 30.7 Å². The molecule has 1 amide bonds. The van der Waals surface area contributed by atoms with Gasteiger partial charge in [0.15, 0.2) is 12.5 Å². The number of nitrogens with zero attached hydrogens (tertiary/aromatic N) is 4. The maximum absolute atomic E-state index is 13.9. The van der Waals surface area contributed by atoms with Crippen molar-refractivity contribution in [1.29, 1.82) is 0 Å². The largest absolute Gasteiger partial charge is 0.404 e. The first-order chi connectivity index (χ1) is 16.7. The van der Waals surface area contributed by atoms with Crippen molar-refractivity contribution in [2.75, 3.05) is 6.67 Å². The zero-order valence-corrected chi connectivity index (χ0v) is 19.8. The third-order valence-corrected chi connectivity index (χ3v) is 6.16. The number of rotatable bonds is 10. The molecule has 0 aliphatic carbocycles. The summed E-state index contributed by atoms with van der Waals surface area (Å²) in [6.07, 6.45) is 4.02. The Balaban J connectivity index is 1.84. The Morgan fingerprint density at radius 2 is 2.14 bits per heavy atom. The standard InChI is InChI=1S/C21H20ClF4N7OS/c1-33-19(15(10-31-26)17(32-33)21(24,25)11-23)29-8-12(7-27)16-6-14(18(22)35-16)20(34)30-9-13-4-2-3-5-28-13/h2-8,31H,9-11,27H2,1H3,(H,30,34). The van der Waals surface area contributed by atoms with Crippen LogP contribution in [0.4, 0.5) is 23.5 Å². The van der Waals surface area contributed by atoms with Crippen molar-refractivity contribution in [2.45, 2.75) is 19.0 Å². The van der Waals surface area contributed by atoms with Crippen LogP contribution in [0.5, 0.6) is 0 Å². The molecule has 3 heterocycles. The predicted octanol–water partition coefficient (Wildman–Crippen LogP) is 4.20. The number of pyridine rings is 1. The fourth-order valence-corrected chi connectivity index (χ4v) is 4.32. The second-order valence-electron chi connectivity index (χ2n) is 7.10. The molecule has 8 nitrogen and oxygen atoms in total. The Hall–Kier alpha value is -3.29. The first-order valence-electron chi connectivity index (χ1n) is 9.99.